The van der Waals surface area contributed by atoms with Gasteiger partial charge in [0.2, 0.25) is 0 Å². The van der Waals surface area contributed by atoms with Crippen molar-refractivity contribution in [2.75, 3.05) is 25.5 Å². The topological polar surface area (TPSA) is 51.1 Å². The molecule has 2 aliphatic rings. The second kappa shape index (κ2) is 10.0. The number of unbranched alkanes of at least 4 members (excludes halogenated alkanes) is 1. The van der Waals surface area contributed by atoms with Gasteiger partial charge in [-0.05, 0) is 67.3 Å². The maximum Gasteiger partial charge on any atom is 0.278 e. The summed E-state index contributed by atoms with van der Waals surface area (Å²) in [7, 11) is 0. The van der Waals surface area contributed by atoms with Crippen LogP contribution in [0, 0.1) is 0 Å². The van der Waals surface area contributed by atoms with Gasteiger partial charge < -0.3 is 9.47 Å². The largest absolute Gasteiger partial charge is 0.494 e. The Balaban J connectivity index is 1.24. The first-order chi connectivity index (χ1) is 14.7. The van der Waals surface area contributed by atoms with Gasteiger partial charge >= 0.3 is 0 Å². The van der Waals surface area contributed by atoms with Crippen LogP contribution in [0.5, 0.6) is 11.5 Å². The Hall–Kier alpha value is -2.44. The predicted octanol–water partition coefficient (Wildman–Crippen LogP) is 5.25. The quantitative estimate of drug-likeness (QED) is 0.413. The first kappa shape index (κ1) is 20.8. The average Bonchev–Trinajstić information content (AvgIpc) is 3.08. The van der Waals surface area contributed by atoms with E-state index in [1.165, 1.54) is 0 Å². The van der Waals surface area contributed by atoms with Gasteiger partial charge in [0, 0.05) is 17.3 Å². The molecule has 4 rings (SSSR count). The monoisotopic (exact) mass is 442 g/mol. The number of fused-ring (bicyclic) bond motifs is 1. The van der Waals surface area contributed by atoms with E-state index >= 15 is 0 Å². The van der Waals surface area contributed by atoms with Gasteiger partial charge in [-0.3, -0.25) is 9.69 Å². The SMILES string of the molecule is O=C1/C(=C/c2cccc(OCCCCOc3ccc(Cl)cc3)c2)N=C2SCCCN12. The van der Waals surface area contributed by atoms with E-state index in [0.717, 1.165) is 53.8 Å². The van der Waals surface area contributed by atoms with Crippen LogP contribution in [-0.4, -0.2) is 41.5 Å². The summed E-state index contributed by atoms with van der Waals surface area (Å²) in [5, 5.41) is 1.53. The first-order valence-corrected chi connectivity index (χ1v) is 11.4. The molecule has 0 N–H and O–H groups in total. The fourth-order valence-corrected chi connectivity index (χ4v) is 4.27. The molecule has 30 heavy (non-hydrogen) atoms. The number of hydrogen-bond donors (Lipinski definition) is 0. The molecule has 156 valence electrons. The van der Waals surface area contributed by atoms with Crippen LogP contribution in [0.15, 0.2) is 59.2 Å². The number of hydrogen-bond acceptors (Lipinski definition) is 5. The highest BCUT2D eigenvalue weighted by Gasteiger charge is 2.32. The van der Waals surface area contributed by atoms with E-state index < -0.39 is 0 Å². The van der Waals surface area contributed by atoms with E-state index in [4.69, 9.17) is 21.1 Å². The highest BCUT2D eigenvalue weighted by atomic mass is 35.5. The van der Waals surface area contributed by atoms with Gasteiger partial charge in [-0.2, -0.15) is 0 Å². The van der Waals surface area contributed by atoms with Gasteiger partial charge in [0.05, 0.1) is 13.2 Å². The molecule has 2 aromatic carbocycles. The Labute approximate surface area is 185 Å². The van der Waals surface area contributed by atoms with Crippen molar-refractivity contribution in [2.45, 2.75) is 19.3 Å². The minimum atomic E-state index is -0.00999. The fraction of sp³-hybridized carbons (Fsp3) is 0.304. The molecule has 2 heterocycles. The molecule has 7 heteroatoms. The molecule has 0 radical (unpaired) electrons. The molecular weight excluding hydrogens is 420 g/mol. The van der Waals surface area contributed by atoms with Crippen LogP contribution < -0.4 is 9.47 Å². The number of amides is 1. The standard InChI is InChI=1S/C23H23ClN2O3S/c24-18-7-9-19(10-8-18)28-12-1-2-13-29-20-6-3-5-17(15-20)16-21-22(27)26-11-4-14-30-23(26)25-21/h3,5-10,15-16H,1-2,4,11-14H2/b21-16-. The third-order valence-corrected chi connectivity index (χ3v) is 6.03. The molecule has 1 saturated heterocycles. The normalized spacial score (nSPS) is 17.1. The number of ether oxygens (including phenoxy) is 2. The first-order valence-electron chi connectivity index (χ1n) is 10.1. The lowest BCUT2D eigenvalue weighted by atomic mass is 10.2. The second-order valence-corrected chi connectivity index (χ2v) is 8.51. The Morgan fingerprint density at radius 3 is 2.60 bits per heavy atom. The predicted molar refractivity (Wildman–Crippen MR) is 122 cm³/mol. The molecule has 5 nitrogen and oxygen atoms in total. The number of carbonyl (C=O) groups is 1. The lowest BCUT2D eigenvalue weighted by Crippen LogP contribution is -2.34. The summed E-state index contributed by atoms with van der Waals surface area (Å²) in [5.74, 6) is 2.61. The molecule has 1 amide bonds. The highest BCUT2D eigenvalue weighted by Crippen LogP contribution is 2.28. The van der Waals surface area contributed by atoms with Crippen molar-refractivity contribution >= 4 is 40.5 Å². The molecular formula is C23H23ClN2O3S. The number of nitrogens with zero attached hydrogens (tertiary/aromatic N) is 2. The maximum absolute atomic E-state index is 12.5. The van der Waals surface area contributed by atoms with Crippen LogP contribution >= 0.6 is 23.4 Å². The number of benzene rings is 2. The van der Waals surface area contributed by atoms with Crippen LogP contribution in [0.4, 0.5) is 0 Å². The summed E-state index contributed by atoms with van der Waals surface area (Å²) >= 11 is 7.51. The molecule has 0 aliphatic carbocycles. The number of amidine groups is 1. The van der Waals surface area contributed by atoms with Crippen molar-refractivity contribution in [1.29, 1.82) is 0 Å². The minimum absolute atomic E-state index is 0.00999. The van der Waals surface area contributed by atoms with Crippen molar-refractivity contribution in [3.05, 3.63) is 64.8 Å². The zero-order chi connectivity index (χ0) is 20.8. The Morgan fingerprint density at radius 1 is 1.07 bits per heavy atom. The third-order valence-electron chi connectivity index (χ3n) is 4.72. The fourth-order valence-electron chi connectivity index (χ4n) is 3.19. The van der Waals surface area contributed by atoms with E-state index in [9.17, 15) is 4.79 Å². The zero-order valence-corrected chi connectivity index (χ0v) is 18.1. The molecule has 0 aromatic heterocycles. The van der Waals surface area contributed by atoms with E-state index in [2.05, 4.69) is 4.99 Å². The maximum atomic E-state index is 12.5. The van der Waals surface area contributed by atoms with Crippen LogP contribution in [-0.2, 0) is 4.79 Å². The minimum Gasteiger partial charge on any atom is -0.494 e. The Kier molecular flexibility index (Phi) is 6.97. The molecule has 2 aliphatic heterocycles. The van der Waals surface area contributed by atoms with Crippen molar-refractivity contribution in [1.82, 2.24) is 4.90 Å². The second-order valence-electron chi connectivity index (χ2n) is 7.01. The van der Waals surface area contributed by atoms with Gasteiger partial charge in [0.1, 0.15) is 17.2 Å². The summed E-state index contributed by atoms with van der Waals surface area (Å²) in [6, 6.07) is 15.1. The number of aliphatic imine (C=N–C) groups is 1. The van der Waals surface area contributed by atoms with Crippen LogP contribution in [0.2, 0.25) is 5.02 Å². The van der Waals surface area contributed by atoms with E-state index in [1.54, 1.807) is 16.7 Å². The highest BCUT2D eigenvalue weighted by molar-refractivity contribution is 8.13. The summed E-state index contributed by atoms with van der Waals surface area (Å²) in [4.78, 5) is 18.8. The van der Waals surface area contributed by atoms with Crippen molar-refractivity contribution in [3.63, 3.8) is 0 Å². The third kappa shape index (κ3) is 5.37. The molecule has 2 aromatic rings. The number of carbonyl (C=O) groups excluding carboxylic acids is 1. The van der Waals surface area contributed by atoms with E-state index in [0.29, 0.717) is 23.9 Å². The lowest BCUT2D eigenvalue weighted by Gasteiger charge is -2.21. The van der Waals surface area contributed by atoms with Crippen LogP contribution in [0.1, 0.15) is 24.8 Å². The number of rotatable bonds is 8. The zero-order valence-electron chi connectivity index (χ0n) is 16.6. The summed E-state index contributed by atoms with van der Waals surface area (Å²) in [6.07, 6.45) is 4.63. The number of halogens is 1. The summed E-state index contributed by atoms with van der Waals surface area (Å²) in [5.41, 5.74) is 1.41. The van der Waals surface area contributed by atoms with Gasteiger partial charge in [0.25, 0.3) is 5.91 Å². The summed E-state index contributed by atoms with van der Waals surface area (Å²) in [6.45, 7) is 2.00. The smallest absolute Gasteiger partial charge is 0.278 e. The average molecular weight is 443 g/mol. The van der Waals surface area contributed by atoms with E-state index in [1.807, 2.05) is 54.6 Å². The molecule has 0 bridgehead atoms. The molecule has 0 spiro atoms. The van der Waals surface area contributed by atoms with Crippen molar-refractivity contribution in [3.8, 4) is 11.5 Å². The van der Waals surface area contributed by atoms with Gasteiger partial charge in [0.15, 0.2) is 5.17 Å². The summed E-state index contributed by atoms with van der Waals surface area (Å²) < 4.78 is 11.5. The van der Waals surface area contributed by atoms with Crippen molar-refractivity contribution in [2.24, 2.45) is 4.99 Å². The van der Waals surface area contributed by atoms with E-state index in [-0.39, 0.29) is 5.91 Å². The van der Waals surface area contributed by atoms with Crippen LogP contribution in [0.3, 0.4) is 0 Å². The molecule has 0 saturated carbocycles. The van der Waals surface area contributed by atoms with Gasteiger partial charge in [-0.1, -0.05) is 35.5 Å². The molecule has 0 atom stereocenters. The molecule has 0 unspecified atom stereocenters. The number of thioether (sulfide) groups is 1. The molecule has 1 fully saturated rings. The van der Waals surface area contributed by atoms with Gasteiger partial charge in [-0.15, -0.1) is 0 Å². The van der Waals surface area contributed by atoms with Crippen LogP contribution in [0.25, 0.3) is 6.08 Å². The Bertz CT molecular complexity index is 959. The van der Waals surface area contributed by atoms with Gasteiger partial charge in [-0.25, -0.2) is 4.99 Å². The Morgan fingerprint density at radius 2 is 1.83 bits per heavy atom. The van der Waals surface area contributed by atoms with Crippen molar-refractivity contribution < 1.29 is 14.3 Å². The lowest BCUT2D eigenvalue weighted by molar-refractivity contribution is -0.122.